The van der Waals surface area contributed by atoms with E-state index in [2.05, 4.69) is 10.6 Å². The van der Waals surface area contributed by atoms with Crippen LogP contribution >= 0.6 is 0 Å². The number of carbonyl (C=O) groups is 2. The molecule has 19 heavy (non-hydrogen) atoms. The lowest BCUT2D eigenvalue weighted by Crippen LogP contribution is -2.41. The van der Waals surface area contributed by atoms with E-state index < -0.39 is 0 Å². The zero-order chi connectivity index (χ0) is 14.3. The summed E-state index contributed by atoms with van der Waals surface area (Å²) in [7, 11) is 1.60. The molecule has 0 bridgehead atoms. The Hall–Kier alpha value is -1.14. The molecule has 0 spiro atoms. The van der Waals surface area contributed by atoms with E-state index in [1.165, 1.54) is 0 Å². The highest BCUT2D eigenvalue weighted by Gasteiger charge is 2.33. The Morgan fingerprint density at radius 1 is 1.58 bits per heavy atom. The number of rotatable bonds is 8. The van der Waals surface area contributed by atoms with Crippen LogP contribution in [0, 0.1) is 5.92 Å². The number of ether oxygens (including phenoxy) is 1. The SMILES string of the molecule is CCN[C@H](C)CNC(=O)C1CC(=O)N(CCOC)C1. The van der Waals surface area contributed by atoms with Crippen LogP contribution < -0.4 is 10.6 Å². The van der Waals surface area contributed by atoms with Crippen molar-refractivity contribution in [3.05, 3.63) is 0 Å². The van der Waals surface area contributed by atoms with Crippen molar-refractivity contribution in [2.24, 2.45) is 5.92 Å². The number of likely N-dealkylation sites (N-methyl/N-ethyl adjacent to an activating group) is 1. The van der Waals surface area contributed by atoms with Crippen molar-refractivity contribution in [3.63, 3.8) is 0 Å². The van der Waals surface area contributed by atoms with Gasteiger partial charge < -0.3 is 20.3 Å². The third-order valence-corrected chi connectivity index (χ3v) is 3.29. The van der Waals surface area contributed by atoms with Gasteiger partial charge in [0.05, 0.1) is 12.5 Å². The molecule has 1 aliphatic rings. The predicted octanol–water partition coefficient (Wildman–Crippen LogP) is -0.404. The largest absolute Gasteiger partial charge is 0.383 e. The second-order valence-corrected chi connectivity index (χ2v) is 4.94. The van der Waals surface area contributed by atoms with Crippen molar-refractivity contribution >= 4 is 11.8 Å². The van der Waals surface area contributed by atoms with Gasteiger partial charge in [0, 0.05) is 39.2 Å². The number of nitrogens with zero attached hydrogens (tertiary/aromatic N) is 1. The Balaban J connectivity index is 2.32. The molecule has 0 radical (unpaired) electrons. The minimum Gasteiger partial charge on any atom is -0.383 e. The summed E-state index contributed by atoms with van der Waals surface area (Å²) >= 11 is 0. The van der Waals surface area contributed by atoms with Gasteiger partial charge in [0.25, 0.3) is 0 Å². The molecule has 0 saturated carbocycles. The smallest absolute Gasteiger partial charge is 0.225 e. The summed E-state index contributed by atoms with van der Waals surface area (Å²) in [5.41, 5.74) is 0. The molecule has 1 fully saturated rings. The van der Waals surface area contributed by atoms with Gasteiger partial charge in [0.1, 0.15) is 0 Å². The average molecular weight is 271 g/mol. The number of likely N-dealkylation sites (tertiary alicyclic amines) is 1. The molecule has 1 saturated heterocycles. The molecule has 1 heterocycles. The van der Waals surface area contributed by atoms with Crippen LogP contribution in [0.3, 0.4) is 0 Å². The van der Waals surface area contributed by atoms with E-state index in [0.29, 0.717) is 32.7 Å². The third-order valence-electron chi connectivity index (χ3n) is 3.29. The maximum atomic E-state index is 12.0. The van der Waals surface area contributed by atoms with Gasteiger partial charge >= 0.3 is 0 Å². The number of hydrogen-bond donors (Lipinski definition) is 2. The van der Waals surface area contributed by atoms with Gasteiger partial charge in [-0.05, 0) is 13.5 Å². The average Bonchev–Trinajstić information content (AvgIpc) is 2.75. The van der Waals surface area contributed by atoms with Gasteiger partial charge in [0.2, 0.25) is 11.8 Å². The van der Waals surface area contributed by atoms with Crippen LogP contribution in [0.4, 0.5) is 0 Å². The molecule has 0 aliphatic carbocycles. The van der Waals surface area contributed by atoms with Crippen LogP contribution in [0.5, 0.6) is 0 Å². The Morgan fingerprint density at radius 3 is 2.95 bits per heavy atom. The molecule has 1 aliphatic heterocycles. The number of hydrogen-bond acceptors (Lipinski definition) is 4. The molecule has 2 N–H and O–H groups in total. The highest BCUT2D eigenvalue weighted by molar-refractivity contribution is 5.89. The maximum Gasteiger partial charge on any atom is 0.225 e. The van der Waals surface area contributed by atoms with Crippen LogP contribution in [-0.2, 0) is 14.3 Å². The van der Waals surface area contributed by atoms with E-state index in [9.17, 15) is 9.59 Å². The highest BCUT2D eigenvalue weighted by atomic mass is 16.5. The van der Waals surface area contributed by atoms with Gasteiger partial charge in [-0.25, -0.2) is 0 Å². The molecular weight excluding hydrogens is 246 g/mol. The summed E-state index contributed by atoms with van der Waals surface area (Å²) in [6.07, 6.45) is 0.311. The fraction of sp³-hybridized carbons (Fsp3) is 0.846. The third kappa shape index (κ3) is 5.16. The number of amides is 2. The molecule has 1 unspecified atom stereocenters. The Labute approximate surface area is 114 Å². The Bertz CT molecular complexity index is 310. The predicted molar refractivity (Wildman–Crippen MR) is 72.7 cm³/mol. The highest BCUT2D eigenvalue weighted by Crippen LogP contribution is 2.17. The zero-order valence-corrected chi connectivity index (χ0v) is 12.1. The van der Waals surface area contributed by atoms with Gasteiger partial charge in [-0.2, -0.15) is 0 Å². The summed E-state index contributed by atoms with van der Waals surface area (Å²) in [6, 6.07) is 0.246. The van der Waals surface area contributed by atoms with Crippen LogP contribution in [0.25, 0.3) is 0 Å². The molecular formula is C13H25N3O3. The Morgan fingerprint density at radius 2 is 2.32 bits per heavy atom. The summed E-state index contributed by atoms with van der Waals surface area (Å²) < 4.78 is 4.95. The first-order valence-electron chi connectivity index (χ1n) is 6.86. The first kappa shape index (κ1) is 15.9. The molecule has 0 aromatic heterocycles. The summed E-state index contributed by atoms with van der Waals surface area (Å²) in [4.78, 5) is 25.4. The van der Waals surface area contributed by atoms with E-state index in [-0.39, 0.29) is 23.8 Å². The summed E-state index contributed by atoms with van der Waals surface area (Å²) in [5, 5.41) is 6.12. The topological polar surface area (TPSA) is 70.7 Å². The Kier molecular flexibility index (Phi) is 6.80. The van der Waals surface area contributed by atoms with E-state index in [4.69, 9.17) is 4.74 Å². The molecule has 6 heteroatoms. The van der Waals surface area contributed by atoms with Gasteiger partial charge in [-0.15, -0.1) is 0 Å². The normalized spacial score (nSPS) is 20.7. The van der Waals surface area contributed by atoms with Crippen LogP contribution in [0.1, 0.15) is 20.3 Å². The van der Waals surface area contributed by atoms with Gasteiger partial charge in [0.15, 0.2) is 0 Å². The number of nitrogens with one attached hydrogen (secondary N) is 2. The van der Waals surface area contributed by atoms with Crippen molar-refractivity contribution in [3.8, 4) is 0 Å². The second-order valence-electron chi connectivity index (χ2n) is 4.94. The van der Waals surface area contributed by atoms with E-state index >= 15 is 0 Å². The quantitative estimate of drug-likeness (QED) is 0.630. The lowest BCUT2D eigenvalue weighted by Gasteiger charge is -2.17. The van der Waals surface area contributed by atoms with Crippen molar-refractivity contribution in [1.29, 1.82) is 0 Å². The molecule has 6 nitrogen and oxygen atoms in total. The maximum absolute atomic E-state index is 12.0. The minimum atomic E-state index is -0.224. The summed E-state index contributed by atoms with van der Waals surface area (Å²) in [6.45, 7) is 7.10. The fourth-order valence-electron chi connectivity index (χ4n) is 2.18. The van der Waals surface area contributed by atoms with E-state index in [1.54, 1.807) is 12.0 Å². The lowest BCUT2D eigenvalue weighted by molar-refractivity contribution is -0.129. The second kappa shape index (κ2) is 8.12. The van der Waals surface area contributed by atoms with Gasteiger partial charge in [-0.1, -0.05) is 6.92 Å². The minimum absolute atomic E-state index is 0.0296. The van der Waals surface area contributed by atoms with Crippen molar-refractivity contribution < 1.29 is 14.3 Å². The number of methoxy groups -OCH3 is 1. The monoisotopic (exact) mass is 271 g/mol. The van der Waals surface area contributed by atoms with Crippen molar-refractivity contribution in [2.75, 3.05) is 39.9 Å². The van der Waals surface area contributed by atoms with Crippen molar-refractivity contribution in [2.45, 2.75) is 26.3 Å². The molecule has 2 amide bonds. The molecule has 0 aromatic rings. The fourth-order valence-corrected chi connectivity index (χ4v) is 2.18. The number of carbonyl (C=O) groups excluding carboxylic acids is 2. The standard InChI is InChI=1S/C13H25N3O3/c1-4-14-10(2)8-15-13(18)11-7-12(17)16(9-11)5-6-19-3/h10-11,14H,4-9H2,1-3H3,(H,15,18)/t10-,11?/m1/s1. The van der Waals surface area contributed by atoms with Gasteiger partial charge in [-0.3, -0.25) is 9.59 Å². The molecule has 2 atom stereocenters. The van der Waals surface area contributed by atoms with Crippen LogP contribution in [-0.4, -0.2) is 62.7 Å². The first-order valence-corrected chi connectivity index (χ1v) is 6.86. The summed E-state index contributed by atoms with van der Waals surface area (Å²) in [5.74, 6) is -0.215. The zero-order valence-electron chi connectivity index (χ0n) is 12.1. The molecule has 110 valence electrons. The van der Waals surface area contributed by atoms with E-state index in [0.717, 1.165) is 6.54 Å². The van der Waals surface area contributed by atoms with Crippen LogP contribution in [0.15, 0.2) is 0 Å². The molecule has 1 rings (SSSR count). The van der Waals surface area contributed by atoms with Crippen LogP contribution in [0.2, 0.25) is 0 Å². The molecule has 0 aromatic carbocycles. The first-order chi connectivity index (χ1) is 9.08. The van der Waals surface area contributed by atoms with Crippen molar-refractivity contribution in [1.82, 2.24) is 15.5 Å². The van der Waals surface area contributed by atoms with E-state index in [1.807, 2.05) is 13.8 Å². The lowest BCUT2D eigenvalue weighted by atomic mass is 10.1.